The second-order valence-electron chi connectivity index (χ2n) is 6.78. The van der Waals surface area contributed by atoms with E-state index in [-0.39, 0.29) is 21.3 Å². The first-order valence-electron chi connectivity index (χ1n) is 8.89. The monoisotopic (exact) mass is 495 g/mol. The number of nitrogens with one attached hydrogen (secondary N) is 2. The summed E-state index contributed by atoms with van der Waals surface area (Å²) in [5.41, 5.74) is 7.88. The fraction of sp³-hybridized carbons (Fsp3) is 0.150. The molecule has 3 rings (SSSR count). The number of benzene rings is 2. The van der Waals surface area contributed by atoms with Crippen LogP contribution in [0.3, 0.4) is 0 Å². The highest BCUT2D eigenvalue weighted by Gasteiger charge is 2.26. The van der Waals surface area contributed by atoms with Gasteiger partial charge in [-0.15, -0.1) is 23.1 Å². The SMILES string of the molecule is CSc1sc(C(=N)N)cc1S(=O)(=O)c1ccc(NS(C)(=O)=O)c(-c2ccccc2C)c1. The van der Waals surface area contributed by atoms with Crippen molar-refractivity contribution >= 4 is 54.5 Å². The van der Waals surface area contributed by atoms with Crippen LogP contribution in [-0.2, 0) is 19.9 Å². The highest BCUT2D eigenvalue weighted by atomic mass is 32.2. The summed E-state index contributed by atoms with van der Waals surface area (Å²) in [6.07, 6.45) is 2.80. The zero-order valence-corrected chi connectivity index (χ0v) is 20.2. The number of nitrogens with two attached hydrogens (primary N) is 1. The van der Waals surface area contributed by atoms with Gasteiger partial charge in [-0.2, -0.15) is 0 Å². The van der Waals surface area contributed by atoms with Crippen molar-refractivity contribution in [3.05, 3.63) is 59.0 Å². The third-order valence-corrected chi connectivity index (χ3v) is 9.37. The molecule has 2 aromatic carbocycles. The lowest BCUT2D eigenvalue weighted by molar-refractivity contribution is 0.595. The van der Waals surface area contributed by atoms with Crippen molar-refractivity contribution in [3.63, 3.8) is 0 Å². The Balaban J connectivity index is 2.25. The number of amidine groups is 1. The Bertz CT molecular complexity index is 1380. The predicted molar refractivity (Wildman–Crippen MR) is 128 cm³/mol. The quantitative estimate of drug-likeness (QED) is 0.259. The van der Waals surface area contributed by atoms with Crippen LogP contribution in [0.15, 0.2) is 62.5 Å². The number of thiophene rings is 1. The minimum atomic E-state index is -3.94. The van der Waals surface area contributed by atoms with Crippen LogP contribution in [0.1, 0.15) is 10.4 Å². The van der Waals surface area contributed by atoms with Crippen LogP contribution in [0.4, 0.5) is 5.69 Å². The van der Waals surface area contributed by atoms with Crippen molar-refractivity contribution in [2.45, 2.75) is 20.9 Å². The maximum absolute atomic E-state index is 13.5. The molecule has 11 heteroatoms. The van der Waals surface area contributed by atoms with Gasteiger partial charge in [0.15, 0.2) is 0 Å². The molecule has 0 fully saturated rings. The number of anilines is 1. The third-order valence-electron chi connectivity index (χ3n) is 4.44. The van der Waals surface area contributed by atoms with Gasteiger partial charge in [0, 0.05) is 5.56 Å². The van der Waals surface area contributed by atoms with Gasteiger partial charge in [-0.1, -0.05) is 24.3 Å². The summed E-state index contributed by atoms with van der Waals surface area (Å²) < 4.78 is 53.6. The average Bonchev–Trinajstić information content (AvgIpc) is 3.13. The van der Waals surface area contributed by atoms with E-state index in [1.165, 1.54) is 36.0 Å². The Morgan fingerprint density at radius 3 is 2.32 bits per heavy atom. The van der Waals surface area contributed by atoms with Gasteiger partial charge in [-0.3, -0.25) is 10.1 Å². The summed E-state index contributed by atoms with van der Waals surface area (Å²) in [5.74, 6) is -0.199. The van der Waals surface area contributed by atoms with Gasteiger partial charge in [0.2, 0.25) is 19.9 Å². The van der Waals surface area contributed by atoms with E-state index in [0.717, 1.165) is 23.2 Å². The molecule has 31 heavy (non-hydrogen) atoms. The van der Waals surface area contributed by atoms with Gasteiger partial charge in [0.1, 0.15) is 5.84 Å². The first kappa shape index (κ1) is 23.3. The number of hydrogen-bond donors (Lipinski definition) is 3. The number of rotatable bonds is 7. The fourth-order valence-corrected chi connectivity index (χ4v) is 7.48. The number of sulfone groups is 1. The number of nitrogen functional groups attached to an aromatic ring is 1. The van der Waals surface area contributed by atoms with Gasteiger partial charge >= 0.3 is 0 Å². The van der Waals surface area contributed by atoms with Crippen molar-refractivity contribution < 1.29 is 16.8 Å². The third kappa shape index (κ3) is 4.95. The van der Waals surface area contributed by atoms with E-state index >= 15 is 0 Å². The summed E-state index contributed by atoms with van der Waals surface area (Å²) in [5, 5.41) is 7.63. The summed E-state index contributed by atoms with van der Waals surface area (Å²) in [6, 6.07) is 13.0. The Labute approximate surface area is 190 Å². The molecule has 0 aliphatic carbocycles. The molecule has 0 saturated carbocycles. The van der Waals surface area contributed by atoms with Gasteiger partial charge in [-0.05, 0) is 48.6 Å². The van der Waals surface area contributed by atoms with Crippen molar-refractivity contribution in [1.29, 1.82) is 5.41 Å². The summed E-state index contributed by atoms with van der Waals surface area (Å²) in [6.45, 7) is 1.87. The first-order chi connectivity index (χ1) is 14.4. The zero-order chi connectivity index (χ0) is 23.0. The Morgan fingerprint density at radius 1 is 1.06 bits per heavy atom. The average molecular weight is 496 g/mol. The van der Waals surface area contributed by atoms with Gasteiger partial charge in [0.25, 0.3) is 0 Å². The van der Waals surface area contributed by atoms with E-state index in [1.54, 1.807) is 18.4 Å². The molecule has 0 atom stereocenters. The van der Waals surface area contributed by atoms with Gasteiger partial charge in [-0.25, -0.2) is 16.8 Å². The molecule has 0 unspecified atom stereocenters. The molecule has 7 nitrogen and oxygen atoms in total. The molecule has 0 bridgehead atoms. The molecule has 0 spiro atoms. The van der Waals surface area contributed by atoms with Gasteiger partial charge in [0.05, 0.1) is 30.8 Å². The second-order valence-corrected chi connectivity index (χ2v) is 12.6. The van der Waals surface area contributed by atoms with E-state index in [0.29, 0.717) is 20.2 Å². The minimum Gasteiger partial charge on any atom is -0.383 e. The van der Waals surface area contributed by atoms with Crippen LogP contribution in [0.2, 0.25) is 0 Å². The number of thioether (sulfide) groups is 1. The maximum Gasteiger partial charge on any atom is 0.229 e. The number of sulfonamides is 1. The highest BCUT2D eigenvalue weighted by molar-refractivity contribution is 8.01. The van der Waals surface area contributed by atoms with Crippen molar-refractivity contribution in [1.82, 2.24) is 0 Å². The van der Waals surface area contributed by atoms with E-state index in [2.05, 4.69) is 4.72 Å². The van der Waals surface area contributed by atoms with E-state index in [9.17, 15) is 16.8 Å². The van der Waals surface area contributed by atoms with Crippen LogP contribution in [0.5, 0.6) is 0 Å². The lowest BCUT2D eigenvalue weighted by Crippen LogP contribution is -2.11. The Morgan fingerprint density at radius 2 is 1.74 bits per heavy atom. The molecule has 4 N–H and O–H groups in total. The van der Waals surface area contributed by atoms with Gasteiger partial charge < -0.3 is 5.73 Å². The van der Waals surface area contributed by atoms with E-state index in [1.807, 2.05) is 19.1 Å². The van der Waals surface area contributed by atoms with Crippen LogP contribution in [0.25, 0.3) is 11.1 Å². The van der Waals surface area contributed by atoms with Crippen LogP contribution in [-0.4, -0.2) is 35.2 Å². The number of hydrogen-bond acceptors (Lipinski definition) is 7. The molecule has 1 heterocycles. The standard InChI is InChI=1S/C20H21N3O4S4/c1-12-6-4-5-7-14(12)15-10-13(8-9-16(15)23-30(3,24)25)31(26,27)18-11-17(19(21)22)29-20(18)28-2/h4-11,23H,1-3H3,(H3,21,22). The topological polar surface area (TPSA) is 130 Å². The molecule has 0 saturated heterocycles. The molecule has 3 aromatic rings. The molecule has 0 aliphatic rings. The summed E-state index contributed by atoms with van der Waals surface area (Å²) in [7, 11) is -7.51. The Hall–Kier alpha value is -2.34. The summed E-state index contributed by atoms with van der Waals surface area (Å²) in [4.78, 5) is 0.472. The van der Waals surface area contributed by atoms with Crippen LogP contribution < -0.4 is 10.5 Å². The maximum atomic E-state index is 13.5. The summed E-state index contributed by atoms with van der Waals surface area (Å²) >= 11 is 2.41. The second kappa shape index (κ2) is 8.65. The Kier molecular flexibility index (Phi) is 6.51. The molecule has 1 aromatic heterocycles. The molecule has 0 amide bonds. The molecule has 0 radical (unpaired) electrons. The van der Waals surface area contributed by atoms with Crippen molar-refractivity contribution in [3.8, 4) is 11.1 Å². The zero-order valence-electron chi connectivity index (χ0n) is 17.0. The first-order valence-corrected chi connectivity index (χ1v) is 14.3. The molecular weight excluding hydrogens is 475 g/mol. The van der Waals surface area contributed by atoms with E-state index in [4.69, 9.17) is 11.1 Å². The lowest BCUT2D eigenvalue weighted by Gasteiger charge is -2.15. The molecule has 164 valence electrons. The molecule has 0 aliphatic heterocycles. The van der Waals surface area contributed by atoms with E-state index < -0.39 is 19.9 Å². The number of aryl methyl sites for hydroxylation is 1. The predicted octanol–water partition coefficient (Wildman–Crippen LogP) is 3.93. The van der Waals surface area contributed by atoms with Crippen molar-refractivity contribution in [2.75, 3.05) is 17.2 Å². The lowest BCUT2D eigenvalue weighted by atomic mass is 9.99. The highest BCUT2D eigenvalue weighted by Crippen LogP contribution is 2.39. The molecular formula is C20H21N3O4S4. The van der Waals surface area contributed by atoms with Crippen molar-refractivity contribution in [2.24, 2.45) is 5.73 Å². The van der Waals surface area contributed by atoms with Crippen LogP contribution >= 0.6 is 23.1 Å². The largest absolute Gasteiger partial charge is 0.383 e. The smallest absolute Gasteiger partial charge is 0.229 e. The normalized spacial score (nSPS) is 12.0. The van der Waals surface area contributed by atoms with Crippen LogP contribution in [0, 0.1) is 12.3 Å². The fourth-order valence-electron chi connectivity index (χ4n) is 3.02. The minimum absolute atomic E-state index is 0.0213.